The second-order valence-corrected chi connectivity index (χ2v) is 19.9. The normalized spacial score (nSPS) is 17.4. The van der Waals surface area contributed by atoms with E-state index >= 15 is 0 Å². The van der Waals surface area contributed by atoms with Crippen LogP contribution in [0.1, 0.15) is 69.9 Å². The molecule has 86 heavy (non-hydrogen) atoms. The van der Waals surface area contributed by atoms with Crippen molar-refractivity contribution in [3.63, 3.8) is 0 Å². The van der Waals surface area contributed by atoms with Gasteiger partial charge in [0.1, 0.15) is 55.3 Å². The molecule has 6 rings (SSSR count). The summed E-state index contributed by atoms with van der Waals surface area (Å²) < 4.78 is 0.844. The van der Waals surface area contributed by atoms with Crippen LogP contribution in [0.25, 0.3) is 11.2 Å². The molecule has 3 aromatic heterocycles. The zero-order chi connectivity index (χ0) is 64.9. The second-order valence-electron chi connectivity index (χ2n) is 19.9. The fourth-order valence-corrected chi connectivity index (χ4v) is 6.23. The molecule has 0 saturated heterocycles. The highest BCUT2D eigenvalue weighted by atomic mass is 35.5. The number of carbonyl (C=O) groups is 7. The third-order valence-corrected chi connectivity index (χ3v) is 11.4. The molecule has 33 nitrogen and oxygen atoms in total. The summed E-state index contributed by atoms with van der Waals surface area (Å²) in [4.78, 5) is 106. The first kappa shape index (κ1) is 77.4. The summed E-state index contributed by atoms with van der Waals surface area (Å²) in [6, 6.07) is 14.2. The van der Waals surface area contributed by atoms with Crippen molar-refractivity contribution in [2.45, 2.75) is 88.4 Å². The number of likely N-dealkylation sites (N-methyl/N-ethyl adjacent to an activating group) is 1. The van der Waals surface area contributed by atoms with Crippen LogP contribution in [0.5, 0.6) is 0 Å². The Morgan fingerprint density at radius 2 is 1.26 bits per heavy atom. The Kier molecular flexibility index (Phi) is 33.9. The average molecular weight is 1240 g/mol. The van der Waals surface area contributed by atoms with E-state index in [2.05, 4.69) is 62.0 Å². The number of anilines is 3. The Hall–Kier alpha value is -8.61. The van der Waals surface area contributed by atoms with E-state index in [4.69, 9.17) is 78.5 Å². The topological polar surface area (TPSA) is 581 Å². The molecule has 1 aliphatic rings. The van der Waals surface area contributed by atoms with E-state index in [1.54, 1.807) is 42.6 Å². The van der Waals surface area contributed by atoms with Crippen molar-refractivity contribution in [1.82, 2.24) is 35.6 Å². The van der Waals surface area contributed by atoms with Crippen LogP contribution in [0.3, 0.4) is 0 Å². The molecule has 0 unspecified atom stereocenters. The van der Waals surface area contributed by atoms with Crippen LogP contribution in [0.2, 0.25) is 0 Å². The number of fused-ring (bicyclic) bond motifs is 1. The number of aromatic nitrogens is 5. The number of hydrogen-bond acceptors (Lipinski definition) is 24. The first-order valence-corrected chi connectivity index (χ1v) is 25.2. The summed E-state index contributed by atoms with van der Waals surface area (Å²) in [7, 11) is 6.16. The monoisotopic (exact) mass is 1240 g/mol. The van der Waals surface area contributed by atoms with E-state index in [0.29, 0.717) is 22.6 Å². The lowest BCUT2D eigenvalue weighted by molar-refractivity contribution is -0.870. The molecule has 23 N–H and O–H groups in total. The van der Waals surface area contributed by atoms with Gasteiger partial charge in [-0.25, -0.2) is 19.6 Å². The number of aliphatic hydroxyl groups is 9. The maximum atomic E-state index is 12.3. The quantitative estimate of drug-likeness (QED) is 0.0270. The van der Waals surface area contributed by atoms with Gasteiger partial charge in [-0.3, -0.25) is 38.7 Å². The van der Waals surface area contributed by atoms with Crippen LogP contribution in [-0.2, 0) is 25.7 Å². The first-order valence-electron chi connectivity index (χ1n) is 25.2. The molecule has 2 aromatic carbocycles. The van der Waals surface area contributed by atoms with Crippen molar-refractivity contribution in [3.05, 3.63) is 112 Å². The summed E-state index contributed by atoms with van der Waals surface area (Å²) in [6.07, 6.45) is -7.53. The molecule has 0 bridgehead atoms. The van der Waals surface area contributed by atoms with Gasteiger partial charge in [0.25, 0.3) is 11.5 Å². The largest absolute Gasteiger partial charge is 1.00 e. The van der Waals surface area contributed by atoms with Crippen LogP contribution in [0.15, 0.2) is 84.0 Å². The van der Waals surface area contributed by atoms with Gasteiger partial charge in [-0.15, -0.1) is 0 Å². The van der Waals surface area contributed by atoms with Crippen LogP contribution < -0.4 is 51.1 Å². The van der Waals surface area contributed by atoms with E-state index in [-0.39, 0.29) is 86.2 Å². The number of carboxylic acid groups (broad SMARTS) is 4. The highest BCUT2D eigenvalue weighted by Gasteiger charge is 2.47. The molecule has 1 aliphatic carbocycles. The van der Waals surface area contributed by atoms with Crippen LogP contribution in [-0.4, -0.2) is 234 Å². The number of nitrogen functional groups attached to an aromatic ring is 2. The second kappa shape index (κ2) is 37.6. The molecule has 3 heterocycles. The molecule has 5 aromatic rings. The van der Waals surface area contributed by atoms with Gasteiger partial charge in [-0.2, -0.15) is 4.98 Å². The minimum absolute atomic E-state index is 0. The highest BCUT2D eigenvalue weighted by molar-refractivity contribution is 5.97. The first-order chi connectivity index (χ1) is 39.6. The number of H-pyrrole nitrogens is 1. The Labute approximate surface area is 496 Å². The number of amides is 3. The number of halogens is 1. The predicted molar refractivity (Wildman–Crippen MR) is 301 cm³/mol. The zero-order valence-electron chi connectivity index (χ0n) is 47.2. The number of carboxylic acids is 4. The molecular weight excluding hydrogens is 1160 g/mol. The van der Waals surface area contributed by atoms with E-state index in [9.17, 15) is 43.5 Å². The number of aromatic carboxylic acids is 1. The van der Waals surface area contributed by atoms with E-state index in [1.807, 2.05) is 0 Å². The summed E-state index contributed by atoms with van der Waals surface area (Å²) in [5.41, 5.74) is 17.1. The maximum absolute atomic E-state index is 12.3. The third-order valence-electron chi connectivity index (χ3n) is 11.4. The third kappa shape index (κ3) is 28.3. The van der Waals surface area contributed by atoms with Gasteiger partial charge in [0.15, 0.2) is 11.2 Å². The molecule has 0 aliphatic heterocycles. The zero-order valence-corrected chi connectivity index (χ0v) is 48.0. The fourth-order valence-electron chi connectivity index (χ4n) is 6.23. The smallest absolute Gasteiger partial charge is 0.335 e. The van der Waals surface area contributed by atoms with Gasteiger partial charge in [0, 0.05) is 47.7 Å². The number of carbonyl (C=O) groups excluding carboxylic acids is 3. The van der Waals surface area contributed by atoms with E-state index < -0.39 is 101 Å². The molecule has 1 fully saturated rings. The number of hydrogen-bond donors (Lipinski definition) is 20. The van der Waals surface area contributed by atoms with Gasteiger partial charge in [-0.05, 0) is 67.1 Å². The summed E-state index contributed by atoms with van der Waals surface area (Å²) in [6.45, 7) is 4.05. The summed E-state index contributed by atoms with van der Waals surface area (Å²) in [5.74, 6) is -6.22. The van der Waals surface area contributed by atoms with Crippen molar-refractivity contribution in [3.8, 4) is 0 Å². The number of pyridine rings is 1. The number of nitrogens with zero attached hydrogens (tertiary/aromatic N) is 5. The molecule has 2 atom stereocenters. The Bertz CT molecular complexity index is 2940. The fraction of sp³-hybridized carbons (Fsp3) is 0.423. The Morgan fingerprint density at radius 1 is 0.733 bits per heavy atom. The van der Waals surface area contributed by atoms with Crippen LogP contribution in [0.4, 0.5) is 17.3 Å². The lowest BCUT2D eigenvalue weighted by Gasteiger charge is -2.39. The van der Waals surface area contributed by atoms with Crippen molar-refractivity contribution < 1.29 is 117 Å². The van der Waals surface area contributed by atoms with Crippen molar-refractivity contribution in [1.29, 1.82) is 0 Å². The lowest BCUT2D eigenvalue weighted by Crippen LogP contribution is -3.00. The van der Waals surface area contributed by atoms with Gasteiger partial charge >= 0.3 is 23.9 Å². The minimum atomic E-state index is -1.64. The van der Waals surface area contributed by atoms with Crippen LogP contribution >= 0.6 is 0 Å². The van der Waals surface area contributed by atoms with Crippen molar-refractivity contribution in [2.24, 2.45) is 11.1 Å². The van der Waals surface area contributed by atoms with Gasteiger partial charge in [0.05, 0.1) is 70.3 Å². The molecule has 1 saturated carbocycles. The van der Waals surface area contributed by atoms with Crippen molar-refractivity contribution in [2.75, 3.05) is 64.2 Å². The van der Waals surface area contributed by atoms with Crippen LogP contribution in [0, 0.1) is 5.41 Å². The molecule has 0 spiro atoms. The number of aliphatic hydroxyl groups excluding tert-OH is 9. The highest BCUT2D eigenvalue weighted by Crippen LogP contribution is 2.22. The van der Waals surface area contributed by atoms with Gasteiger partial charge < -0.3 is 116 Å². The standard InChI is InChI=1S/C19H19N7O6.C9H17NO5.C7H7NO2.C6H6N2O.C6H12O6.C5H14NO.ClH/c20-19-25-15-14(17(30)26-19)23-11(8-22-15)7-21-10-3-1-9(2-4-10)16(29)24-12(18(31)32)5-6-13(27)28;1-9(2,5-11)7(14)8(15)10-4-3-6(12)13;8-6-3-1-5(2-4-6)7(9)10;7-6(9)5-2-1-3-8-4-5;7-1-2(8)4(10)6(12)5(11)3(1)9;1-6(2,3)4-5-7;/h1-4,8,12,21H,5-7H2,(H,24,29)(H,27,28)(H,31,32)(H3,20,22,25,26,30);7,11,14H,3-5H2,1-2H3,(H,10,15)(H,12,13);1-4H,8H2,(H,9,10);1-4H,(H2,7,9);1-12H;7H,4-5H2,1-3H3;1H/q;;;;;+1;/p-1/t12-;7-;;;;;/m00...../s1. The summed E-state index contributed by atoms with van der Waals surface area (Å²) in [5, 5.41) is 123. The van der Waals surface area contributed by atoms with Gasteiger partial charge in [-0.1, -0.05) is 13.8 Å². The lowest BCUT2D eigenvalue weighted by atomic mass is 9.85. The Balaban J connectivity index is 0.00000112. The molecule has 0 radical (unpaired) electrons. The number of quaternary nitrogens is 1. The predicted octanol–water partition coefficient (Wildman–Crippen LogP) is -7.09. The number of primary amides is 1. The number of rotatable bonds is 19. The number of nitrogens with one attached hydrogen (secondary N) is 4. The average Bonchev–Trinajstić information content (AvgIpc) is 2.32. The van der Waals surface area contributed by atoms with Crippen molar-refractivity contribution >= 4 is 70.1 Å². The molecule has 476 valence electrons. The molecular formula is C52H75ClN12O21. The maximum Gasteiger partial charge on any atom is 0.335 e. The SMILES string of the molecule is CC(C)(CO)[C@@H](O)C(=O)NCCC(=O)O.C[N+](C)(C)CCO.NC(=O)c1cccnc1.Nc1ccc(C(=O)O)cc1.Nc1nc2ncc(CNc3ccc(C(=O)N[C@@H](CCC(=O)O)C(=O)O)cc3)nc2c(=O)[nH]1.OC1C(O)C(O)C(O)C(O)C1O.[Cl-]. The molecule has 34 heteroatoms. The number of aromatic amines is 1. The number of nitrogens with two attached hydrogens (primary N) is 3. The summed E-state index contributed by atoms with van der Waals surface area (Å²) >= 11 is 0. The van der Waals surface area contributed by atoms with Gasteiger partial charge in [0.2, 0.25) is 17.8 Å². The minimum Gasteiger partial charge on any atom is -1.00 e. The van der Waals surface area contributed by atoms with E-state index in [0.717, 1.165) is 11.0 Å². The van der Waals surface area contributed by atoms with E-state index in [1.165, 1.54) is 50.5 Å². The number of benzene rings is 2. The number of aliphatic carboxylic acids is 3. The Morgan fingerprint density at radius 3 is 1.66 bits per heavy atom. The molecule has 3 amide bonds.